The molecule has 1 saturated carbocycles. The van der Waals surface area contributed by atoms with Gasteiger partial charge in [0.05, 0.1) is 38.8 Å². The molecule has 200 valence electrons. The average Bonchev–Trinajstić information content (AvgIpc) is 3.38. The second-order valence-electron chi connectivity index (χ2n) is 13.3. The Kier molecular flexibility index (Phi) is 6.12. The molecule has 8 heteroatoms. The molecule has 3 unspecified atom stereocenters. The number of fused-ring (bicyclic) bond motifs is 1. The van der Waals surface area contributed by atoms with Crippen LogP contribution in [0.1, 0.15) is 51.2 Å². The van der Waals surface area contributed by atoms with Crippen molar-refractivity contribution in [2.75, 3.05) is 33.4 Å². The number of aliphatic hydroxyl groups is 1. The van der Waals surface area contributed by atoms with E-state index in [4.69, 9.17) is 18.6 Å². The summed E-state index contributed by atoms with van der Waals surface area (Å²) in [7, 11) is 0.188. The van der Waals surface area contributed by atoms with Crippen molar-refractivity contribution < 1.29 is 52.2 Å². The SMILES string of the molecule is C=CC[N@@+]1(C)CCC23c4c5ccc(O[Si](C)(C)C(C)(C)C)c4OC2C2(CC[C@@]3(O)C1C5)OCCO2.[I-]. The van der Waals surface area contributed by atoms with Crippen molar-refractivity contribution in [1.82, 2.24) is 0 Å². The minimum absolute atomic E-state index is 0. The van der Waals surface area contributed by atoms with Gasteiger partial charge in [-0.15, -0.1) is 0 Å². The summed E-state index contributed by atoms with van der Waals surface area (Å²) in [6.07, 6.45) is 4.57. The van der Waals surface area contributed by atoms with Gasteiger partial charge in [0.1, 0.15) is 17.4 Å². The van der Waals surface area contributed by atoms with Gasteiger partial charge in [-0.3, -0.25) is 0 Å². The lowest BCUT2D eigenvalue weighted by Gasteiger charge is -2.66. The molecule has 0 radical (unpaired) electrons. The fourth-order valence-corrected chi connectivity index (χ4v) is 8.80. The minimum atomic E-state index is -2.10. The van der Waals surface area contributed by atoms with E-state index in [1.165, 1.54) is 11.1 Å². The lowest BCUT2D eigenvalue weighted by molar-refractivity contribution is -0.944. The third kappa shape index (κ3) is 3.20. The van der Waals surface area contributed by atoms with Crippen LogP contribution in [-0.4, -0.2) is 74.8 Å². The maximum Gasteiger partial charge on any atom is 0.250 e. The van der Waals surface area contributed by atoms with Gasteiger partial charge in [0.2, 0.25) is 5.79 Å². The Labute approximate surface area is 234 Å². The van der Waals surface area contributed by atoms with Crippen molar-refractivity contribution in [3.05, 3.63) is 35.9 Å². The van der Waals surface area contributed by atoms with E-state index in [9.17, 15) is 5.11 Å². The average molecular weight is 628 g/mol. The van der Waals surface area contributed by atoms with Gasteiger partial charge >= 0.3 is 0 Å². The standard InChI is InChI=1S/C28H42NO5Si.HI/c1-8-14-29(5)15-13-26-22-19-9-10-20(34-35(6,7)25(2,3)4)23(22)33-24(26)28(31-16-17-32-28)12-11-27(26,30)21(29)18-19;/h8-10,21,24,30H,1,11-18H2,2-7H3;1H/q+1;/p-1/t21?,24?,26?,27-,29+;/m1./s1. The van der Waals surface area contributed by atoms with Gasteiger partial charge in [-0.25, -0.2) is 0 Å². The Morgan fingerprint density at radius 2 is 1.89 bits per heavy atom. The quantitative estimate of drug-likeness (QED) is 0.236. The first-order valence-corrected chi connectivity index (χ1v) is 16.2. The lowest BCUT2D eigenvalue weighted by Crippen LogP contribution is -3.00. The van der Waals surface area contributed by atoms with Crippen LogP contribution in [0.3, 0.4) is 0 Å². The molecular weight excluding hydrogens is 585 g/mol. The molecule has 2 saturated heterocycles. The molecule has 2 aliphatic carbocycles. The van der Waals surface area contributed by atoms with Crippen LogP contribution in [0.15, 0.2) is 24.8 Å². The molecule has 3 heterocycles. The number of ether oxygens (including phenoxy) is 3. The van der Waals surface area contributed by atoms with Gasteiger partial charge in [0, 0.05) is 24.8 Å². The predicted octanol–water partition coefficient (Wildman–Crippen LogP) is 1.30. The van der Waals surface area contributed by atoms with E-state index in [1.54, 1.807) is 0 Å². The number of nitrogens with zero attached hydrogens (tertiary/aromatic N) is 1. The van der Waals surface area contributed by atoms with Crippen molar-refractivity contribution in [3.63, 3.8) is 0 Å². The summed E-state index contributed by atoms with van der Waals surface area (Å²) >= 11 is 0. The highest BCUT2D eigenvalue weighted by Crippen LogP contribution is 2.69. The van der Waals surface area contributed by atoms with E-state index in [1.807, 2.05) is 6.08 Å². The zero-order valence-electron chi connectivity index (χ0n) is 22.7. The summed E-state index contributed by atoms with van der Waals surface area (Å²) in [6, 6.07) is 4.43. The number of likely N-dealkylation sites (N-methyl/N-ethyl adjacent to an activating group) is 1. The smallest absolute Gasteiger partial charge is 0.250 e. The van der Waals surface area contributed by atoms with E-state index >= 15 is 0 Å². The fourth-order valence-electron chi connectivity index (χ4n) is 7.78. The minimum Gasteiger partial charge on any atom is -1.00 e. The third-order valence-corrected chi connectivity index (χ3v) is 14.9. The second-order valence-corrected chi connectivity index (χ2v) is 18.1. The topological polar surface area (TPSA) is 57.2 Å². The van der Waals surface area contributed by atoms with Crippen molar-refractivity contribution in [2.24, 2.45) is 0 Å². The molecule has 0 aromatic heterocycles. The van der Waals surface area contributed by atoms with Crippen LogP contribution in [0, 0.1) is 0 Å². The number of benzene rings is 1. The van der Waals surface area contributed by atoms with Gasteiger partial charge in [0.15, 0.2) is 11.9 Å². The first kappa shape index (κ1) is 26.9. The normalized spacial score (nSPS) is 37.6. The van der Waals surface area contributed by atoms with Crippen LogP contribution in [0.5, 0.6) is 11.5 Å². The summed E-state index contributed by atoms with van der Waals surface area (Å²) in [5.41, 5.74) is 0.986. The molecule has 5 atom stereocenters. The molecule has 3 aliphatic heterocycles. The summed E-state index contributed by atoms with van der Waals surface area (Å²) in [5.74, 6) is 0.842. The second kappa shape index (κ2) is 8.18. The first-order valence-electron chi connectivity index (χ1n) is 13.3. The highest BCUT2D eigenvalue weighted by atomic mass is 127. The first-order chi connectivity index (χ1) is 16.3. The monoisotopic (exact) mass is 627 g/mol. The van der Waals surface area contributed by atoms with Gasteiger partial charge < -0.3 is 52.2 Å². The highest BCUT2D eigenvalue weighted by Gasteiger charge is 2.80. The van der Waals surface area contributed by atoms with Crippen LogP contribution >= 0.6 is 0 Å². The molecule has 1 aromatic rings. The van der Waals surface area contributed by atoms with Crippen molar-refractivity contribution in [1.29, 1.82) is 0 Å². The van der Waals surface area contributed by atoms with E-state index < -0.39 is 25.1 Å². The predicted molar refractivity (Wildman–Crippen MR) is 137 cm³/mol. The summed E-state index contributed by atoms with van der Waals surface area (Å²) < 4.78 is 27.3. The fraction of sp³-hybridized carbons (Fsp3) is 0.714. The number of piperidine rings is 1. The molecule has 1 N–H and O–H groups in total. The largest absolute Gasteiger partial charge is 1.00 e. The van der Waals surface area contributed by atoms with Crippen molar-refractivity contribution >= 4 is 8.32 Å². The third-order valence-electron chi connectivity index (χ3n) is 10.6. The van der Waals surface area contributed by atoms with Crippen LogP contribution in [0.2, 0.25) is 18.1 Å². The Balaban J connectivity index is 0.00000267. The highest BCUT2D eigenvalue weighted by molar-refractivity contribution is 6.74. The lowest BCUT2D eigenvalue weighted by atomic mass is 9.47. The van der Waals surface area contributed by atoms with Crippen molar-refractivity contribution in [3.8, 4) is 11.5 Å². The summed E-state index contributed by atoms with van der Waals surface area (Å²) in [5, 5.41) is 12.9. The van der Waals surface area contributed by atoms with Crippen LogP contribution in [-0.2, 0) is 21.3 Å². The molecule has 6 rings (SSSR count). The van der Waals surface area contributed by atoms with Gasteiger partial charge in [-0.2, -0.15) is 0 Å². The van der Waals surface area contributed by atoms with Crippen LogP contribution in [0.4, 0.5) is 0 Å². The van der Waals surface area contributed by atoms with Crippen LogP contribution < -0.4 is 33.1 Å². The van der Waals surface area contributed by atoms with E-state index in [0.717, 1.165) is 41.9 Å². The molecule has 5 aliphatic rings. The molecule has 1 aromatic carbocycles. The molecular formula is C28H42INO5Si. The molecule has 6 nitrogen and oxygen atoms in total. The summed E-state index contributed by atoms with van der Waals surface area (Å²) in [6.45, 7) is 18.3. The van der Waals surface area contributed by atoms with Crippen molar-refractivity contribution in [2.45, 2.75) is 93.5 Å². The molecule has 3 fully saturated rings. The van der Waals surface area contributed by atoms with Gasteiger partial charge in [-0.05, 0) is 42.3 Å². The molecule has 2 bridgehead atoms. The number of hydrogen-bond donors (Lipinski definition) is 1. The number of halogens is 1. The Bertz CT molecular complexity index is 1080. The maximum atomic E-state index is 12.8. The number of hydrogen-bond acceptors (Lipinski definition) is 5. The zero-order chi connectivity index (χ0) is 25.1. The Morgan fingerprint density at radius 1 is 1.19 bits per heavy atom. The Hall–Kier alpha value is -0.653. The van der Waals surface area contributed by atoms with E-state index in [2.05, 4.69) is 59.6 Å². The molecule has 36 heavy (non-hydrogen) atoms. The number of likely N-dealkylation sites (tertiary alicyclic amines) is 1. The van der Waals surface area contributed by atoms with E-state index in [-0.39, 0.29) is 41.2 Å². The van der Waals surface area contributed by atoms with E-state index in [0.29, 0.717) is 26.1 Å². The summed E-state index contributed by atoms with van der Waals surface area (Å²) in [4.78, 5) is 0. The van der Waals surface area contributed by atoms with Gasteiger partial charge in [0.25, 0.3) is 8.32 Å². The Morgan fingerprint density at radius 3 is 2.53 bits per heavy atom. The van der Waals surface area contributed by atoms with Gasteiger partial charge in [-0.1, -0.05) is 33.4 Å². The molecule has 0 amide bonds. The maximum absolute atomic E-state index is 12.8. The number of quaternary nitrogens is 1. The zero-order valence-corrected chi connectivity index (χ0v) is 25.8. The molecule has 2 spiro atoms. The van der Waals surface area contributed by atoms with Crippen LogP contribution in [0.25, 0.3) is 0 Å². The number of rotatable bonds is 4.